The normalized spacial score (nSPS) is 14.8. The summed E-state index contributed by atoms with van der Waals surface area (Å²) in [5, 5.41) is 0. The minimum atomic E-state index is -0.489. The largest absolute Gasteiger partial charge is 0.444 e. The van der Waals surface area contributed by atoms with Gasteiger partial charge in [-0.3, -0.25) is 4.79 Å². The third kappa shape index (κ3) is 6.04. The Balaban J connectivity index is 0.00000155. The Labute approximate surface area is 182 Å². The summed E-state index contributed by atoms with van der Waals surface area (Å²) in [4.78, 5) is 36.7. The SMILES string of the molecule is CC.CN(CC1CCN(c2ncnc3cc(C(N)=O)sc23)CC1)C(=O)OC(C)(C)C. The van der Waals surface area contributed by atoms with E-state index in [4.69, 9.17) is 10.5 Å². The number of rotatable bonds is 4. The number of hydrogen-bond acceptors (Lipinski definition) is 7. The summed E-state index contributed by atoms with van der Waals surface area (Å²) in [6.07, 6.45) is 3.14. The molecule has 1 aliphatic rings. The summed E-state index contributed by atoms with van der Waals surface area (Å²) in [7, 11) is 1.78. The van der Waals surface area contributed by atoms with E-state index in [9.17, 15) is 9.59 Å². The van der Waals surface area contributed by atoms with Crippen LogP contribution in [0, 0.1) is 5.92 Å². The summed E-state index contributed by atoms with van der Waals surface area (Å²) in [6, 6.07) is 1.72. The molecule has 2 aromatic rings. The van der Waals surface area contributed by atoms with E-state index in [1.54, 1.807) is 18.0 Å². The van der Waals surface area contributed by atoms with Crippen LogP contribution in [-0.2, 0) is 4.74 Å². The molecule has 3 rings (SSSR count). The Morgan fingerprint density at radius 2 is 1.90 bits per heavy atom. The molecule has 8 nitrogen and oxygen atoms in total. The van der Waals surface area contributed by atoms with E-state index < -0.39 is 11.5 Å². The highest BCUT2D eigenvalue weighted by molar-refractivity contribution is 7.21. The van der Waals surface area contributed by atoms with Crippen LogP contribution < -0.4 is 10.6 Å². The lowest BCUT2D eigenvalue weighted by molar-refractivity contribution is 0.0266. The van der Waals surface area contributed by atoms with Crippen LogP contribution in [0.15, 0.2) is 12.4 Å². The topological polar surface area (TPSA) is 102 Å². The van der Waals surface area contributed by atoms with Gasteiger partial charge in [-0.15, -0.1) is 11.3 Å². The summed E-state index contributed by atoms with van der Waals surface area (Å²) in [5.74, 6) is 0.815. The molecule has 0 spiro atoms. The van der Waals surface area contributed by atoms with E-state index in [1.807, 2.05) is 34.6 Å². The van der Waals surface area contributed by atoms with Gasteiger partial charge < -0.3 is 20.3 Å². The number of amides is 2. The Bertz CT molecular complexity index is 869. The number of carbonyl (C=O) groups excluding carboxylic acids is 2. The van der Waals surface area contributed by atoms with Crippen molar-refractivity contribution >= 4 is 39.4 Å². The molecule has 1 aliphatic heterocycles. The molecule has 0 unspecified atom stereocenters. The molecule has 0 atom stereocenters. The van der Waals surface area contributed by atoms with Crippen LogP contribution >= 0.6 is 11.3 Å². The zero-order chi connectivity index (χ0) is 22.5. The standard InChI is InChI=1S/C19H27N5O3S.C2H6/c1-19(2,3)27-18(26)23(4)10-12-5-7-24(8-6-12)17-15-13(21-11-22-17)9-14(28-15)16(20)25;1-2/h9,11-12H,5-8,10H2,1-4H3,(H2,20,25);1-2H3. The number of aromatic nitrogens is 2. The molecule has 0 bridgehead atoms. The smallest absolute Gasteiger partial charge is 0.410 e. The number of fused-ring (bicyclic) bond motifs is 1. The highest BCUT2D eigenvalue weighted by atomic mass is 32.1. The number of hydrogen-bond donors (Lipinski definition) is 1. The van der Waals surface area contributed by atoms with Crippen molar-refractivity contribution in [3.8, 4) is 0 Å². The molecular weight excluding hydrogens is 402 g/mol. The second kappa shape index (κ2) is 10.1. The van der Waals surface area contributed by atoms with Crippen molar-refractivity contribution in [1.29, 1.82) is 0 Å². The first-order chi connectivity index (χ1) is 14.1. The fourth-order valence-electron chi connectivity index (χ4n) is 3.32. The fraction of sp³-hybridized carbons (Fsp3) is 0.619. The minimum absolute atomic E-state index is 0.287. The van der Waals surface area contributed by atoms with Gasteiger partial charge >= 0.3 is 6.09 Å². The number of nitrogens with two attached hydrogens (primary N) is 1. The van der Waals surface area contributed by atoms with E-state index in [1.165, 1.54) is 17.7 Å². The predicted molar refractivity (Wildman–Crippen MR) is 121 cm³/mol. The van der Waals surface area contributed by atoms with Gasteiger partial charge in [-0.2, -0.15) is 0 Å². The van der Waals surface area contributed by atoms with E-state index in [-0.39, 0.29) is 6.09 Å². The van der Waals surface area contributed by atoms with Crippen LogP contribution in [0.1, 0.15) is 57.1 Å². The molecule has 1 saturated heterocycles. The van der Waals surface area contributed by atoms with Gasteiger partial charge in [-0.1, -0.05) is 13.8 Å². The Morgan fingerprint density at radius 1 is 1.27 bits per heavy atom. The van der Waals surface area contributed by atoms with Gasteiger partial charge in [0, 0.05) is 26.7 Å². The molecule has 3 heterocycles. The second-order valence-corrected chi connectivity index (χ2v) is 9.23. The number of piperidine rings is 1. The van der Waals surface area contributed by atoms with E-state index in [0.717, 1.165) is 42.0 Å². The van der Waals surface area contributed by atoms with E-state index in [0.29, 0.717) is 17.3 Å². The molecular formula is C21H33N5O3S. The monoisotopic (exact) mass is 435 g/mol. The van der Waals surface area contributed by atoms with Crippen LogP contribution in [0.25, 0.3) is 10.2 Å². The first-order valence-electron chi connectivity index (χ1n) is 10.4. The fourth-order valence-corrected chi connectivity index (χ4v) is 4.30. The van der Waals surface area contributed by atoms with Crippen LogP contribution in [0.5, 0.6) is 0 Å². The number of ether oxygens (including phenoxy) is 1. The Kier molecular flexibility index (Phi) is 8.00. The minimum Gasteiger partial charge on any atom is -0.444 e. The maximum absolute atomic E-state index is 12.2. The summed E-state index contributed by atoms with van der Waals surface area (Å²) >= 11 is 1.34. The van der Waals surface area contributed by atoms with Crippen LogP contribution in [0.3, 0.4) is 0 Å². The van der Waals surface area contributed by atoms with Gasteiger partial charge in [0.15, 0.2) is 0 Å². The lowest BCUT2D eigenvalue weighted by Gasteiger charge is -2.35. The van der Waals surface area contributed by atoms with Crippen molar-refractivity contribution in [3.05, 3.63) is 17.3 Å². The number of carbonyl (C=O) groups is 2. The second-order valence-electron chi connectivity index (χ2n) is 8.18. The average Bonchev–Trinajstić information content (AvgIpc) is 3.13. The molecule has 2 amide bonds. The predicted octanol–water partition coefficient (Wildman–Crippen LogP) is 3.90. The van der Waals surface area contributed by atoms with Gasteiger partial charge in [0.25, 0.3) is 5.91 Å². The maximum atomic E-state index is 12.2. The molecule has 9 heteroatoms. The Morgan fingerprint density at radius 3 is 2.47 bits per heavy atom. The lowest BCUT2D eigenvalue weighted by Crippen LogP contribution is -2.41. The zero-order valence-electron chi connectivity index (χ0n) is 18.8. The molecule has 0 aliphatic carbocycles. The molecule has 30 heavy (non-hydrogen) atoms. The van der Waals surface area contributed by atoms with Gasteiger partial charge in [0.1, 0.15) is 17.7 Å². The van der Waals surface area contributed by atoms with Crippen molar-refractivity contribution in [2.24, 2.45) is 11.7 Å². The average molecular weight is 436 g/mol. The quantitative estimate of drug-likeness (QED) is 0.781. The molecule has 0 saturated carbocycles. The first-order valence-corrected chi connectivity index (χ1v) is 11.2. The molecule has 166 valence electrons. The van der Waals surface area contributed by atoms with Crippen molar-refractivity contribution in [2.75, 3.05) is 31.6 Å². The highest BCUT2D eigenvalue weighted by Crippen LogP contribution is 2.33. The lowest BCUT2D eigenvalue weighted by atomic mass is 9.96. The van der Waals surface area contributed by atoms with Gasteiger partial charge in [-0.05, 0) is 45.6 Å². The van der Waals surface area contributed by atoms with Crippen molar-refractivity contribution in [3.63, 3.8) is 0 Å². The molecule has 1 fully saturated rings. The van der Waals surface area contributed by atoms with Crippen LogP contribution in [0.2, 0.25) is 0 Å². The van der Waals surface area contributed by atoms with Crippen molar-refractivity contribution in [1.82, 2.24) is 14.9 Å². The van der Waals surface area contributed by atoms with Crippen molar-refractivity contribution in [2.45, 2.75) is 53.1 Å². The third-order valence-electron chi connectivity index (χ3n) is 4.69. The van der Waals surface area contributed by atoms with Gasteiger partial charge in [-0.25, -0.2) is 14.8 Å². The summed E-state index contributed by atoms with van der Waals surface area (Å²) < 4.78 is 6.31. The number of primary amides is 1. The molecule has 0 aromatic carbocycles. The molecule has 2 aromatic heterocycles. The van der Waals surface area contributed by atoms with Crippen molar-refractivity contribution < 1.29 is 14.3 Å². The third-order valence-corrected chi connectivity index (χ3v) is 5.82. The molecule has 0 radical (unpaired) electrons. The number of nitrogens with zero attached hydrogens (tertiary/aromatic N) is 4. The highest BCUT2D eigenvalue weighted by Gasteiger charge is 2.26. The van der Waals surface area contributed by atoms with Gasteiger partial charge in [0.2, 0.25) is 0 Å². The zero-order valence-corrected chi connectivity index (χ0v) is 19.6. The summed E-state index contributed by atoms with van der Waals surface area (Å²) in [6.45, 7) is 12.0. The van der Waals surface area contributed by atoms with E-state index >= 15 is 0 Å². The summed E-state index contributed by atoms with van der Waals surface area (Å²) in [5.41, 5.74) is 5.66. The molecule has 2 N–H and O–H groups in total. The Hall–Kier alpha value is -2.42. The number of anilines is 1. The van der Waals surface area contributed by atoms with E-state index in [2.05, 4.69) is 14.9 Å². The maximum Gasteiger partial charge on any atom is 0.410 e. The number of thiophene rings is 1. The van der Waals surface area contributed by atoms with Crippen LogP contribution in [0.4, 0.5) is 10.6 Å². The van der Waals surface area contributed by atoms with Crippen LogP contribution in [-0.4, -0.2) is 59.2 Å². The first kappa shape index (κ1) is 23.9. The van der Waals surface area contributed by atoms with Gasteiger partial charge in [0.05, 0.1) is 15.1 Å².